The highest BCUT2D eigenvalue weighted by atomic mass is 16.5. The Kier molecular flexibility index (Phi) is 5.40. The van der Waals surface area contributed by atoms with Gasteiger partial charge in [0.15, 0.2) is 0 Å². The average molecular weight is 202 g/mol. The maximum absolute atomic E-state index is 8.79. The highest BCUT2D eigenvalue weighted by Gasteiger charge is 2.18. The van der Waals surface area contributed by atoms with Crippen molar-refractivity contribution >= 4 is 0 Å². The Morgan fingerprint density at radius 3 is 2.71 bits per heavy atom. The van der Waals surface area contributed by atoms with Crippen LogP contribution in [0.3, 0.4) is 0 Å². The summed E-state index contributed by atoms with van der Waals surface area (Å²) in [7, 11) is 2.13. The number of nitrogens with two attached hydrogens (primary N) is 1. The van der Waals surface area contributed by atoms with E-state index in [0.717, 1.165) is 39.0 Å². The molecular formula is C10H22N2O2. The van der Waals surface area contributed by atoms with Gasteiger partial charge in [0.05, 0.1) is 6.61 Å². The molecule has 1 aliphatic rings. The fourth-order valence-electron chi connectivity index (χ4n) is 1.77. The van der Waals surface area contributed by atoms with Gasteiger partial charge in [0.25, 0.3) is 0 Å². The summed E-state index contributed by atoms with van der Waals surface area (Å²) in [5, 5.41) is 8.79. The molecule has 4 nitrogen and oxygen atoms in total. The number of ether oxygens (including phenoxy) is 1. The number of hydrogen-bond acceptors (Lipinski definition) is 4. The van der Waals surface area contributed by atoms with E-state index in [9.17, 15) is 0 Å². The minimum absolute atomic E-state index is 0.0720. The van der Waals surface area contributed by atoms with Crippen LogP contribution in [0, 0.1) is 0 Å². The largest absolute Gasteiger partial charge is 0.395 e. The quantitative estimate of drug-likeness (QED) is 0.648. The van der Waals surface area contributed by atoms with Crippen molar-refractivity contribution in [1.82, 2.24) is 4.90 Å². The minimum atomic E-state index is -0.0720. The third-order valence-corrected chi connectivity index (χ3v) is 2.90. The summed E-state index contributed by atoms with van der Waals surface area (Å²) in [5.41, 5.74) is 5.65. The lowest BCUT2D eigenvalue weighted by Gasteiger charge is -2.31. The first-order chi connectivity index (χ1) is 6.74. The molecule has 1 heterocycles. The molecule has 0 saturated carbocycles. The standard InChI is InChI=1S/C10H22N2O2/c1-12(5-2-9(11)8-13)10-3-6-14-7-4-10/h9-10,13H,2-8,11H2,1H3. The lowest BCUT2D eigenvalue weighted by molar-refractivity contribution is 0.0417. The molecule has 0 aromatic rings. The molecule has 14 heavy (non-hydrogen) atoms. The van der Waals surface area contributed by atoms with Gasteiger partial charge in [-0.3, -0.25) is 0 Å². The number of aliphatic hydroxyl groups excluding tert-OH is 1. The maximum Gasteiger partial charge on any atom is 0.0583 e. The summed E-state index contributed by atoms with van der Waals surface area (Å²) >= 11 is 0. The van der Waals surface area contributed by atoms with Crippen molar-refractivity contribution in [2.24, 2.45) is 5.73 Å². The Labute approximate surface area is 86.0 Å². The topological polar surface area (TPSA) is 58.7 Å². The molecule has 0 radical (unpaired) electrons. The summed E-state index contributed by atoms with van der Waals surface area (Å²) < 4.78 is 5.31. The molecular weight excluding hydrogens is 180 g/mol. The van der Waals surface area contributed by atoms with Crippen molar-refractivity contribution in [3.63, 3.8) is 0 Å². The molecule has 1 rings (SSSR count). The van der Waals surface area contributed by atoms with Crippen LogP contribution in [0.1, 0.15) is 19.3 Å². The molecule has 0 aromatic heterocycles. The first-order valence-electron chi connectivity index (χ1n) is 5.38. The van der Waals surface area contributed by atoms with Crippen LogP contribution in [0.2, 0.25) is 0 Å². The van der Waals surface area contributed by atoms with E-state index in [1.165, 1.54) is 0 Å². The molecule has 0 aliphatic carbocycles. The summed E-state index contributed by atoms with van der Waals surface area (Å²) in [4.78, 5) is 2.33. The summed E-state index contributed by atoms with van der Waals surface area (Å²) in [6.07, 6.45) is 3.10. The van der Waals surface area contributed by atoms with Gasteiger partial charge in [-0.1, -0.05) is 0 Å². The second kappa shape index (κ2) is 6.35. The van der Waals surface area contributed by atoms with Crippen molar-refractivity contribution < 1.29 is 9.84 Å². The first-order valence-corrected chi connectivity index (χ1v) is 5.38. The third-order valence-electron chi connectivity index (χ3n) is 2.90. The Hall–Kier alpha value is -0.160. The van der Waals surface area contributed by atoms with Crippen molar-refractivity contribution in [3.05, 3.63) is 0 Å². The van der Waals surface area contributed by atoms with E-state index in [2.05, 4.69) is 11.9 Å². The fraction of sp³-hybridized carbons (Fsp3) is 1.00. The lowest BCUT2D eigenvalue weighted by atomic mass is 10.1. The number of rotatable bonds is 5. The smallest absolute Gasteiger partial charge is 0.0583 e. The molecule has 1 unspecified atom stereocenters. The van der Waals surface area contributed by atoms with Crippen LogP contribution in [0.25, 0.3) is 0 Å². The molecule has 0 spiro atoms. The average Bonchev–Trinajstić information content (AvgIpc) is 2.26. The molecule has 0 amide bonds. The predicted octanol–water partition coefficient (Wildman–Crippen LogP) is -0.193. The van der Waals surface area contributed by atoms with Crippen molar-refractivity contribution in [1.29, 1.82) is 0 Å². The molecule has 1 aliphatic heterocycles. The molecule has 84 valence electrons. The van der Waals surface area contributed by atoms with Crippen LogP contribution in [0.5, 0.6) is 0 Å². The molecule has 1 saturated heterocycles. The van der Waals surface area contributed by atoms with E-state index >= 15 is 0 Å². The zero-order chi connectivity index (χ0) is 10.4. The van der Waals surface area contributed by atoms with E-state index in [-0.39, 0.29) is 12.6 Å². The normalized spacial score (nSPS) is 21.4. The molecule has 0 bridgehead atoms. The Bertz CT molecular complexity index is 149. The second-order valence-corrected chi connectivity index (χ2v) is 4.06. The summed E-state index contributed by atoms with van der Waals surface area (Å²) in [5.74, 6) is 0. The number of nitrogens with zero attached hydrogens (tertiary/aromatic N) is 1. The lowest BCUT2D eigenvalue weighted by Crippen LogP contribution is -2.39. The van der Waals surface area contributed by atoms with E-state index in [1.54, 1.807) is 0 Å². The van der Waals surface area contributed by atoms with Crippen LogP contribution < -0.4 is 5.73 Å². The van der Waals surface area contributed by atoms with Gasteiger partial charge >= 0.3 is 0 Å². The second-order valence-electron chi connectivity index (χ2n) is 4.06. The van der Waals surface area contributed by atoms with Gasteiger partial charge < -0.3 is 20.5 Å². The van der Waals surface area contributed by atoms with E-state index in [1.807, 2.05) is 0 Å². The van der Waals surface area contributed by atoms with Crippen LogP contribution >= 0.6 is 0 Å². The van der Waals surface area contributed by atoms with Gasteiger partial charge in [-0.15, -0.1) is 0 Å². The summed E-state index contributed by atoms with van der Waals surface area (Å²) in [6.45, 7) is 2.80. The van der Waals surface area contributed by atoms with Crippen molar-refractivity contribution in [2.75, 3.05) is 33.4 Å². The SMILES string of the molecule is CN(CCC(N)CO)C1CCOCC1. The van der Waals surface area contributed by atoms with E-state index < -0.39 is 0 Å². The minimum Gasteiger partial charge on any atom is -0.395 e. The van der Waals surface area contributed by atoms with E-state index in [0.29, 0.717) is 6.04 Å². The highest BCUT2D eigenvalue weighted by molar-refractivity contribution is 4.73. The van der Waals surface area contributed by atoms with Crippen LogP contribution in [0.15, 0.2) is 0 Å². The molecule has 1 atom stereocenters. The highest BCUT2D eigenvalue weighted by Crippen LogP contribution is 2.12. The van der Waals surface area contributed by atoms with Crippen LogP contribution in [0.4, 0.5) is 0 Å². The number of hydrogen-bond donors (Lipinski definition) is 2. The van der Waals surface area contributed by atoms with Crippen molar-refractivity contribution in [3.8, 4) is 0 Å². The van der Waals surface area contributed by atoms with E-state index in [4.69, 9.17) is 15.6 Å². The van der Waals surface area contributed by atoms with Crippen molar-refractivity contribution in [2.45, 2.75) is 31.3 Å². The first kappa shape index (κ1) is 11.9. The third kappa shape index (κ3) is 3.92. The molecule has 4 heteroatoms. The Morgan fingerprint density at radius 2 is 2.14 bits per heavy atom. The molecule has 1 fully saturated rings. The predicted molar refractivity (Wildman–Crippen MR) is 56.1 cm³/mol. The monoisotopic (exact) mass is 202 g/mol. The zero-order valence-corrected chi connectivity index (χ0v) is 8.98. The van der Waals surface area contributed by atoms with Gasteiger partial charge in [0.2, 0.25) is 0 Å². The van der Waals surface area contributed by atoms with Gasteiger partial charge in [-0.2, -0.15) is 0 Å². The zero-order valence-electron chi connectivity index (χ0n) is 8.98. The van der Waals surface area contributed by atoms with Gasteiger partial charge in [-0.05, 0) is 32.9 Å². The number of aliphatic hydroxyl groups is 1. The van der Waals surface area contributed by atoms with Gasteiger partial charge in [0.1, 0.15) is 0 Å². The van der Waals surface area contributed by atoms with Gasteiger partial charge in [-0.25, -0.2) is 0 Å². The van der Waals surface area contributed by atoms with Crippen LogP contribution in [-0.2, 0) is 4.74 Å². The molecule has 0 aromatic carbocycles. The fourth-order valence-corrected chi connectivity index (χ4v) is 1.77. The van der Waals surface area contributed by atoms with Gasteiger partial charge in [0, 0.05) is 25.3 Å². The maximum atomic E-state index is 8.79. The Balaban J connectivity index is 2.16. The Morgan fingerprint density at radius 1 is 1.50 bits per heavy atom. The molecule has 3 N–H and O–H groups in total. The van der Waals surface area contributed by atoms with Crippen LogP contribution in [-0.4, -0.2) is 55.5 Å². The summed E-state index contributed by atoms with van der Waals surface area (Å²) in [6, 6.07) is 0.562.